The van der Waals surface area contributed by atoms with Crippen molar-refractivity contribution in [3.63, 3.8) is 0 Å². The summed E-state index contributed by atoms with van der Waals surface area (Å²) < 4.78 is 11.0. The second-order valence-corrected chi connectivity index (χ2v) is 5.20. The molecule has 0 bridgehead atoms. The average molecular weight is 272 g/mol. The number of nitrogens with one attached hydrogen (secondary N) is 1. The summed E-state index contributed by atoms with van der Waals surface area (Å²) in [6.07, 6.45) is 0.0922. The van der Waals surface area contributed by atoms with Crippen molar-refractivity contribution < 1.29 is 9.47 Å². The molecule has 0 aliphatic heterocycles. The van der Waals surface area contributed by atoms with Crippen molar-refractivity contribution in [1.29, 1.82) is 0 Å². The lowest BCUT2D eigenvalue weighted by Crippen LogP contribution is -2.22. The zero-order chi connectivity index (χ0) is 13.7. The quantitative estimate of drug-likeness (QED) is 0.857. The molecule has 0 aliphatic carbocycles. The van der Waals surface area contributed by atoms with Gasteiger partial charge in [0.05, 0.1) is 13.2 Å². The topological polar surface area (TPSA) is 30.5 Å². The lowest BCUT2D eigenvalue weighted by molar-refractivity contribution is 0.230. The van der Waals surface area contributed by atoms with E-state index in [2.05, 4.69) is 19.2 Å². The Morgan fingerprint density at radius 2 is 1.83 bits per heavy atom. The van der Waals surface area contributed by atoms with Crippen LogP contribution < -0.4 is 14.8 Å². The maximum Gasteiger partial charge on any atom is 0.163 e. The molecule has 1 N–H and O–H groups in total. The van der Waals surface area contributed by atoms with E-state index >= 15 is 0 Å². The van der Waals surface area contributed by atoms with Crippen molar-refractivity contribution in [3.8, 4) is 11.5 Å². The summed E-state index contributed by atoms with van der Waals surface area (Å²) in [6.45, 7) is 8.86. The van der Waals surface area contributed by atoms with Gasteiger partial charge < -0.3 is 14.8 Å². The van der Waals surface area contributed by atoms with Gasteiger partial charge in [-0.2, -0.15) is 0 Å². The summed E-state index contributed by atoms with van der Waals surface area (Å²) >= 11 is 6.25. The van der Waals surface area contributed by atoms with Gasteiger partial charge in [-0.25, -0.2) is 0 Å². The highest BCUT2D eigenvalue weighted by molar-refractivity contribution is 6.31. The SMILES string of the molecule is COc1cc(CNC(C)C)c(Cl)cc1OC(C)C. The number of hydrogen-bond acceptors (Lipinski definition) is 3. The van der Waals surface area contributed by atoms with E-state index in [9.17, 15) is 0 Å². The molecule has 0 spiro atoms. The Kier molecular flexibility index (Phi) is 5.76. The summed E-state index contributed by atoms with van der Waals surface area (Å²) in [4.78, 5) is 0. The molecule has 1 aromatic carbocycles. The number of benzene rings is 1. The lowest BCUT2D eigenvalue weighted by atomic mass is 10.2. The van der Waals surface area contributed by atoms with Crippen LogP contribution in [0.3, 0.4) is 0 Å². The Balaban J connectivity index is 2.94. The standard InChI is InChI=1S/C14H22ClNO2/c1-9(2)16-8-11-6-13(17-5)14(7-12(11)15)18-10(3)4/h6-7,9-10,16H,8H2,1-5H3. The van der Waals surface area contributed by atoms with Gasteiger partial charge in [0.25, 0.3) is 0 Å². The molecule has 0 saturated heterocycles. The van der Waals surface area contributed by atoms with Gasteiger partial charge in [-0.1, -0.05) is 25.4 Å². The molecule has 1 rings (SSSR count). The van der Waals surface area contributed by atoms with Gasteiger partial charge in [-0.15, -0.1) is 0 Å². The fraction of sp³-hybridized carbons (Fsp3) is 0.571. The molecule has 4 heteroatoms. The maximum absolute atomic E-state index is 6.25. The molecule has 0 aromatic heterocycles. The molecule has 0 amide bonds. The van der Waals surface area contributed by atoms with E-state index < -0.39 is 0 Å². The minimum atomic E-state index is 0.0922. The maximum atomic E-state index is 6.25. The third kappa shape index (κ3) is 4.39. The molecule has 102 valence electrons. The van der Waals surface area contributed by atoms with Crippen LogP contribution in [-0.4, -0.2) is 19.3 Å². The fourth-order valence-corrected chi connectivity index (χ4v) is 1.75. The van der Waals surface area contributed by atoms with Crippen molar-refractivity contribution in [2.24, 2.45) is 0 Å². The van der Waals surface area contributed by atoms with E-state index in [0.717, 1.165) is 12.1 Å². The van der Waals surface area contributed by atoms with Crippen molar-refractivity contribution >= 4 is 11.6 Å². The number of methoxy groups -OCH3 is 1. The lowest BCUT2D eigenvalue weighted by Gasteiger charge is -2.16. The van der Waals surface area contributed by atoms with E-state index in [4.69, 9.17) is 21.1 Å². The van der Waals surface area contributed by atoms with Crippen molar-refractivity contribution in [2.45, 2.75) is 46.4 Å². The summed E-state index contributed by atoms with van der Waals surface area (Å²) in [6, 6.07) is 4.16. The van der Waals surface area contributed by atoms with Crippen molar-refractivity contribution in [1.82, 2.24) is 5.32 Å². The highest BCUT2D eigenvalue weighted by Crippen LogP contribution is 2.34. The zero-order valence-corrected chi connectivity index (χ0v) is 12.5. The smallest absolute Gasteiger partial charge is 0.163 e. The first kappa shape index (κ1) is 15.1. The first-order valence-corrected chi connectivity index (χ1v) is 6.58. The highest BCUT2D eigenvalue weighted by atomic mass is 35.5. The monoisotopic (exact) mass is 271 g/mol. The third-order valence-electron chi connectivity index (χ3n) is 2.40. The Bertz CT molecular complexity index is 392. The van der Waals surface area contributed by atoms with Crippen LogP contribution in [0.25, 0.3) is 0 Å². The van der Waals surface area contributed by atoms with E-state index in [1.54, 1.807) is 7.11 Å². The molecule has 18 heavy (non-hydrogen) atoms. The van der Waals surface area contributed by atoms with Gasteiger partial charge in [0.15, 0.2) is 11.5 Å². The molecular formula is C14H22ClNO2. The van der Waals surface area contributed by atoms with Crippen LogP contribution in [-0.2, 0) is 6.54 Å². The average Bonchev–Trinajstić information content (AvgIpc) is 2.27. The van der Waals surface area contributed by atoms with Crippen LogP contribution in [0, 0.1) is 0 Å². The normalized spacial score (nSPS) is 11.1. The van der Waals surface area contributed by atoms with Crippen molar-refractivity contribution in [2.75, 3.05) is 7.11 Å². The van der Waals surface area contributed by atoms with E-state index in [0.29, 0.717) is 22.6 Å². The summed E-state index contributed by atoms with van der Waals surface area (Å²) in [5.41, 5.74) is 1.01. The number of hydrogen-bond donors (Lipinski definition) is 1. The van der Waals surface area contributed by atoms with Crippen LogP contribution in [0.5, 0.6) is 11.5 Å². The van der Waals surface area contributed by atoms with Crippen molar-refractivity contribution in [3.05, 3.63) is 22.7 Å². The number of rotatable bonds is 6. The van der Waals surface area contributed by atoms with Crippen LogP contribution in [0.4, 0.5) is 0 Å². The summed E-state index contributed by atoms with van der Waals surface area (Å²) in [7, 11) is 1.63. The van der Waals surface area contributed by atoms with Crippen LogP contribution in [0.1, 0.15) is 33.3 Å². The second kappa shape index (κ2) is 6.86. The zero-order valence-electron chi connectivity index (χ0n) is 11.7. The largest absolute Gasteiger partial charge is 0.493 e. The van der Waals surface area contributed by atoms with Gasteiger partial charge in [0.2, 0.25) is 0 Å². The Hall–Kier alpha value is -0.930. The molecule has 0 fully saturated rings. The van der Waals surface area contributed by atoms with E-state index in [1.165, 1.54) is 0 Å². The van der Waals surface area contributed by atoms with Gasteiger partial charge in [-0.3, -0.25) is 0 Å². The van der Waals surface area contributed by atoms with Crippen LogP contribution in [0.2, 0.25) is 5.02 Å². The minimum Gasteiger partial charge on any atom is -0.493 e. The van der Waals surface area contributed by atoms with Gasteiger partial charge in [0, 0.05) is 23.7 Å². The molecule has 0 heterocycles. The molecule has 0 radical (unpaired) electrons. The molecule has 0 saturated carbocycles. The minimum absolute atomic E-state index is 0.0922. The highest BCUT2D eigenvalue weighted by Gasteiger charge is 2.11. The number of halogens is 1. The molecule has 0 unspecified atom stereocenters. The van der Waals surface area contributed by atoms with Gasteiger partial charge >= 0.3 is 0 Å². The summed E-state index contributed by atoms with van der Waals surface area (Å²) in [5.74, 6) is 1.40. The van der Waals surface area contributed by atoms with Crippen LogP contribution in [0.15, 0.2) is 12.1 Å². The molecular weight excluding hydrogens is 250 g/mol. The van der Waals surface area contributed by atoms with E-state index in [-0.39, 0.29) is 6.10 Å². The molecule has 0 atom stereocenters. The first-order chi connectivity index (χ1) is 8.43. The summed E-state index contributed by atoms with van der Waals surface area (Å²) in [5, 5.41) is 4.03. The fourth-order valence-electron chi connectivity index (χ4n) is 1.53. The van der Waals surface area contributed by atoms with Crippen LogP contribution >= 0.6 is 11.6 Å². The van der Waals surface area contributed by atoms with E-state index in [1.807, 2.05) is 26.0 Å². The first-order valence-electron chi connectivity index (χ1n) is 6.20. The number of ether oxygens (including phenoxy) is 2. The third-order valence-corrected chi connectivity index (χ3v) is 2.75. The predicted molar refractivity (Wildman–Crippen MR) is 75.7 cm³/mol. The molecule has 3 nitrogen and oxygen atoms in total. The predicted octanol–water partition coefficient (Wildman–Crippen LogP) is 3.63. The molecule has 0 aliphatic rings. The van der Waals surface area contributed by atoms with Gasteiger partial charge in [-0.05, 0) is 25.5 Å². The Morgan fingerprint density at radius 1 is 1.17 bits per heavy atom. The second-order valence-electron chi connectivity index (χ2n) is 4.80. The van der Waals surface area contributed by atoms with Gasteiger partial charge in [0.1, 0.15) is 0 Å². The Labute approximate surface area is 114 Å². The Morgan fingerprint density at radius 3 is 2.33 bits per heavy atom. The molecule has 1 aromatic rings.